The van der Waals surface area contributed by atoms with E-state index < -0.39 is 23.7 Å². The molecule has 2 amide bonds. The van der Waals surface area contributed by atoms with Crippen LogP contribution in [0.4, 0.5) is 13.2 Å². The van der Waals surface area contributed by atoms with Gasteiger partial charge in [0.2, 0.25) is 11.8 Å². The highest BCUT2D eigenvalue weighted by molar-refractivity contribution is 5.87. The third-order valence-electron chi connectivity index (χ3n) is 5.65. The molecular formula is C23H23F3N4O2. The molecule has 0 spiro atoms. The van der Waals surface area contributed by atoms with Gasteiger partial charge in [-0.05, 0) is 49.1 Å². The smallest absolute Gasteiger partial charge is 0.350 e. The maximum atomic E-state index is 12.6. The maximum absolute atomic E-state index is 12.6. The van der Waals surface area contributed by atoms with Crippen molar-refractivity contribution in [3.63, 3.8) is 0 Å². The number of benzene rings is 2. The number of fused-ring (bicyclic) bond motifs is 1. The number of carbonyl (C=O) groups excluding carboxylic acids is 2. The largest absolute Gasteiger partial charge is 0.416 e. The lowest BCUT2D eigenvalue weighted by molar-refractivity contribution is -0.137. The molecule has 9 heteroatoms. The first-order chi connectivity index (χ1) is 15.2. The van der Waals surface area contributed by atoms with Crippen molar-refractivity contribution < 1.29 is 22.8 Å². The first-order valence-electron chi connectivity index (χ1n) is 10.4. The normalized spacial score (nSPS) is 18.9. The number of aromatic nitrogens is 2. The number of alkyl halides is 3. The molecule has 3 N–H and O–H groups in total. The number of nitrogens with one attached hydrogen (secondary N) is 3. The number of para-hydroxylation sites is 2. The number of H-pyrrole nitrogens is 1. The molecule has 4 rings (SSSR count). The Morgan fingerprint density at radius 3 is 2.56 bits per heavy atom. The van der Waals surface area contributed by atoms with Gasteiger partial charge in [-0.3, -0.25) is 9.59 Å². The van der Waals surface area contributed by atoms with Crippen LogP contribution in [0.15, 0.2) is 48.5 Å². The predicted molar refractivity (Wildman–Crippen MR) is 112 cm³/mol. The molecule has 6 nitrogen and oxygen atoms in total. The summed E-state index contributed by atoms with van der Waals surface area (Å²) in [6, 6.07) is 11.6. The van der Waals surface area contributed by atoms with Crippen LogP contribution in [-0.4, -0.2) is 27.8 Å². The van der Waals surface area contributed by atoms with Gasteiger partial charge in [0.05, 0.1) is 16.6 Å². The summed E-state index contributed by atoms with van der Waals surface area (Å²) in [6.07, 6.45) is -3.23. The van der Waals surface area contributed by atoms with Gasteiger partial charge in [-0.1, -0.05) is 24.3 Å². The van der Waals surface area contributed by atoms with E-state index in [2.05, 4.69) is 20.6 Å². The van der Waals surface area contributed by atoms with Crippen LogP contribution in [0.2, 0.25) is 0 Å². The van der Waals surface area contributed by atoms with E-state index in [0.717, 1.165) is 35.4 Å². The minimum atomic E-state index is -4.40. The fourth-order valence-corrected chi connectivity index (χ4v) is 3.71. The van der Waals surface area contributed by atoms with Crippen molar-refractivity contribution in [1.82, 2.24) is 20.6 Å². The predicted octanol–water partition coefficient (Wildman–Crippen LogP) is 3.90. The van der Waals surface area contributed by atoms with E-state index in [9.17, 15) is 22.8 Å². The molecule has 1 heterocycles. The average molecular weight is 444 g/mol. The molecule has 3 aromatic rings. The van der Waals surface area contributed by atoms with Crippen molar-refractivity contribution in [2.75, 3.05) is 0 Å². The number of rotatable bonds is 7. The number of imidazole rings is 1. The van der Waals surface area contributed by atoms with Crippen LogP contribution in [0, 0.1) is 5.92 Å². The summed E-state index contributed by atoms with van der Waals surface area (Å²) in [5, 5.41) is 5.32. The lowest BCUT2D eigenvalue weighted by Crippen LogP contribution is -2.44. The second-order valence-electron chi connectivity index (χ2n) is 8.15. The Bertz CT molecular complexity index is 1090. The van der Waals surface area contributed by atoms with Gasteiger partial charge in [0, 0.05) is 18.9 Å². The summed E-state index contributed by atoms with van der Waals surface area (Å²) in [4.78, 5) is 32.5. The molecule has 168 valence electrons. The van der Waals surface area contributed by atoms with Crippen molar-refractivity contribution in [3.05, 3.63) is 65.5 Å². The number of aromatic amines is 1. The van der Waals surface area contributed by atoms with Crippen molar-refractivity contribution in [2.24, 2.45) is 5.92 Å². The molecule has 1 fully saturated rings. The SMILES string of the molecule is CC(NC(=O)C[C@@H]1C[C@H]1c1nc2ccccc2[nH]1)C(=O)NCc1ccc(C(F)(F)F)cc1. The summed E-state index contributed by atoms with van der Waals surface area (Å²) < 4.78 is 37.8. The second kappa shape index (κ2) is 8.64. The van der Waals surface area contributed by atoms with Crippen molar-refractivity contribution in [1.29, 1.82) is 0 Å². The fourth-order valence-electron chi connectivity index (χ4n) is 3.71. The molecule has 32 heavy (non-hydrogen) atoms. The number of hydrogen-bond donors (Lipinski definition) is 3. The standard InChI is InChI=1S/C23H23F3N4O2/c1-13(22(32)27-12-14-6-8-16(9-7-14)23(24,25)26)28-20(31)11-15-10-17(15)21-29-18-4-2-3-5-19(18)30-21/h2-9,13,15,17H,10-12H2,1H3,(H,27,32)(H,28,31)(H,29,30)/t13?,15-,17+/m0/s1. The first kappa shape index (κ1) is 21.9. The van der Waals surface area contributed by atoms with E-state index in [1.807, 2.05) is 24.3 Å². The monoisotopic (exact) mass is 444 g/mol. The molecular weight excluding hydrogens is 421 g/mol. The summed E-state index contributed by atoms with van der Waals surface area (Å²) in [5.41, 5.74) is 1.66. The molecule has 0 aliphatic heterocycles. The van der Waals surface area contributed by atoms with Crippen molar-refractivity contribution in [2.45, 2.75) is 44.4 Å². The summed E-state index contributed by atoms with van der Waals surface area (Å²) in [7, 11) is 0. The zero-order valence-corrected chi connectivity index (χ0v) is 17.4. The molecule has 0 radical (unpaired) electrons. The van der Waals surface area contributed by atoms with Crippen LogP contribution in [0.3, 0.4) is 0 Å². The molecule has 1 unspecified atom stereocenters. The van der Waals surface area contributed by atoms with Crippen LogP contribution in [0.5, 0.6) is 0 Å². The highest BCUT2D eigenvalue weighted by Gasteiger charge is 2.42. The first-order valence-corrected chi connectivity index (χ1v) is 10.4. The fraction of sp³-hybridized carbons (Fsp3) is 0.348. The Morgan fingerprint density at radius 2 is 1.88 bits per heavy atom. The van der Waals surface area contributed by atoms with E-state index in [-0.39, 0.29) is 24.3 Å². The maximum Gasteiger partial charge on any atom is 0.416 e. The third kappa shape index (κ3) is 5.09. The third-order valence-corrected chi connectivity index (χ3v) is 5.65. The van der Waals surface area contributed by atoms with Crippen molar-refractivity contribution >= 4 is 22.8 Å². The molecule has 1 saturated carbocycles. The van der Waals surface area contributed by atoms with Crippen LogP contribution in [0.25, 0.3) is 11.0 Å². The van der Waals surface area contributed by atoms with Gasteiger partial charge < -0.3 is 15.6 Å². The molecule has 0 saturated heterocycles. The Morgan fingerprint density at radius 1 is 1.16 bits per heavy atom. The summed E-state index contributed by atoms with van der Waals surface area (Å²) in [6.45, 7) is 1.65. The molecule has 0 bridgehead atoms. The quantitative estimate of drug-likeness (QED) is 0.517. The van der Waals surface area contributed by atoms with Gasteiger partial charge in [0.15, 0.2) is 0 Å². The van der Waals surface area contributed by atoms with E-state index in [0.29, 0.717) is 12.0 Å². The van der Waals surface area contributed by atoms with E-state index in [1.165, 1.54) is 12.1 Å². The van der Waals surface area contributed by atoms with Gasteiger partial charge >= 0.3 is 6.18 Å². The lowest BCUT2D eigenvalue weighted by atomic mass is 10.1. The van der Waals surface area contributed by atoms with Gasteiger partial charge in [-0.2, -0.15) is 13.2 Å². The Balaban J connectivity index is 1.22. The van der Waals surface area contributed by atoms with E-state index in [4.69, 9.17) is 0 Å². The second-order valence-corrected chi connectivity index (χ2v) is 8.15. The number of amides is 2. The Kier molecular flexibility index (Phi) is 5.90. The molecule has 1 aliphatic carbocycles. The molecule has 3 atom stereocenters. The van der Waals surface area contributed by atoms with Gasteiger partial charge in [-0.15, -0.1) is 0 Å². The lowest BCUT2D eigenvalue weighted by Gasteiger charge is -2.14. The van der Waals surface area contributed by atoms with Crippen molar-refractivity contribution in [3.8, 4) is 0 Å². The van der Waals surface area contributed by atoms with Gasteiger partial charge in [0.1, 0.15) is 11.9 Å². The summed E-state index contributed by atoms with van der Waals surface area (Å²) >= 11 is 0. The number of halogens is 3. The number of hydrogen-bond acceptors (Lipinski definition) is 3. The molecule has 1 aliphatic rings. The van der Waals surface area contributed by atoms with Gasteiger partial charge in [0.25, 0.3) is 0 Å². The minimum absolute atomic E-state index is 0.0773. The van der Waals surface area contributed by atoms with E-state index in [1.54, 1.807) is 6.92 Å². The topological polar surface area (TPSA) is 86.9 Å². The average Bonchev–Trinajstić information content (AvgIpc) is 3.37. The highest BCUT2D eigenvalue weighted by Crippen LogP contribution is 2.48. The zero-order valence-electron chi connectivity index (χ0n) is 17.4. The Labute approximate surface area is 182 Å². The highest BCUT2D eigenvalue weighted by atomic mass is 19.4. The number of nitrogens with zero attached hydrogens (tertiary/aromatic N) is 1. The minimum Gasteiger partial charge on any atom is -0.350 e. The number of carbonyl (C=O) groups is 2. The Hall–Kier alpha value is -3.36. The van der Waals surface area contributed by atoms with Gasteiger partial charge in [-0.25, -0.2) is 4.98 Å². The van der Waals surface area contributed by atoms with Crippen LogP contribution < -0.4 is 10.6 Å². The summed E-state index contributed by atoms with van der Waals surface area (Å²) in [5.74, 6) is 0.648. The molecule has 1 aromatic heterocycles. The van der Waals surface area contributed by atoms with E-state index >= 15 is 0 Å². The van der Waals surface area contributed by atoms with Crippen LogP contribution in [0.1, 0.15) is 42.6 Å². The van der Waals surface area contributed by atoms with Crippen LogP contribution in [-0.2, 0) is 22.3 Å². The molecule has 2 aromatic carbocycles. The zero-order chi connectivity index (χ0) is 22.9. The van der Waals surface area contributed by atoms with Crippen LogP contribution >= 0.6 is 0 Å².